The molecule has 0 heterocycles. The molecule has 6 heteroatoms. The van der Waals surface area contributed by atoms with Crippen LogP contribution in [-0.2, 0) is 11.3 Å². The number of halogens is 1. The second-order valence-electron chi connectivity index (χ2n) is 7.63. The Labute approximate surface area is 171 Å². The van der Waals surface area contributed by atoms with Gasteiger partial charge >= 0.3 is 0 Å². The molecule has 0 fully saturated rings. The summed E-state index contributed by atoms with van der Waals surface area (Å²) in [5.74, 6) is 1.14. The molecule has 27 heavy (non-hydrogen) atoms. The lowest BCUT2D eigenvalue weighted by atomic mass is 10.1. The molecule has 0 aliphatic carbocycles. The molecule has 0 aromatic heterocycles. The number of methoxy groups -OCH3 is 1. The van der Waals surface area contributed by atoms with E-state index in [4.69, 9.17) is 9.47 Å². The molecular weight excluding hydrogens is 364 g/mol. The summed E-state index contributed by atoms with van der Waals surface area (Å²) in [4.78, 5) is 12.0. The van der Waals surface area contributed by atoms with Gasteiger partial charge in [0.25, 0.3) is 5.91 Å². The summed E-state index contributed by atoms with van der Waals surface area (Å²) in [6, 6.07) is 5.80. The Balaban J connectivity index is 0.00000676. The first-order valence-corrected chi connectivity index (χ1v) is 9.67. The number of hydrogen-bond donors (Lipinski definition) is 2. The third-order valence-corrected chi connectivity index (χ3v) is 3.91. The minimum absolute atomic E-state index is 0. The van der Waals surface area contributed by atoms with Crippen molar-refractivity contribution in [2.45, 2.75) is 71.9 Å². The van der Waals surface area contributed by atoms with Gasteiger partial charge in [0, 0.05) is 17.6 Å². The number of amides is 1. The van der Waals surface area contributed by atoms with Crippen LogP contribution in [0.1, 0.15) is 65.4 Å². The standard InChI is InChI=1S/C21H36N2O3.ClH/c1-6-7-8-9-10-14-22-15-17-12-11-13-18(25-5)20(17)26-16-19(24)23-21(2,3)4;/h11-13,22H,6-10,14-16H2,1-5H3,(H,23,24);1H. The third kappa shape index (κ3) is 11.1. The quantitative estimate of drug-likeness (QED) is 0.508. The van der Waals surface area contributed by atoms with Gasteiger partial charge in [0.1, 0.15) is 0 Å². The van der Waals surface area contributed by atoms with Gasteiger partial charge in [0.05, 0.1) is 7.11 Å². The second-order valence-corrected chi connectivity index (χ2v) is 7.63. The average molecular weight is 401 g/mol. The van der Waals surface area contributed by atoms with Crippen molar-refractivity contribution in [2.24, 2.45) is 0 Å². The Kier molecular flexibility index (Phi) is 12.9. The molecule has 1 rings (SSSR count). The minimum atomic E-state index is -0.274. The average Bonchev–Trinajstić information content (AvgIpc) is 2.57. The van der Waals surface area contributed by atoms with E-state index in [1.54, 1.807) is 7.11 Å². The zero-order valence-corrected chi connectivity index (χ0v) is 18.3. The van der Waals surface area contributed by atoms with Crippen molar-refractivity contribution in [2.75, 3.05) is 20.3 Å². The minimum Gasteiger partial charge on any atom is -0.493 e. The Morgan fingerprint density at radius 3 is 2.44 bits per heavy atom. The van der Waals surface area contributed by atoms with Crippen molar-refractivity contribution in [1.82, 2.24) is 10.6 Å². The van der Waals surface area contributed by atoms with Gasteiger partial charge in [0.15, 0.2) is 18.1 Å². The van der Waals surface area contributed by atoms with Crippen LogP contribution in [0.15, 0.2) is 18.2 Å². The van der Waals surface area contributed by atoms with Gasteiger partial charge in [-0.2, -0.15) is 0 Å². The molecule has 0 unspecified atom stereocenters. The SMILES string of the molecule is CCCCCCCNCc1cccc(OC)c1OCC(=O)NC(C)(C)C.Cl. The summed E-state index contributed by atoms with van der Waals surface area (Å²) in [5, 5.41) is 6.36. The number of rotatable bonds is 12. The number of hydrogen-bond acceptors (Lipinski definition) is 4. The van der Waals surface area contributed by atoms with E-state index in [2.05, 4.69) is 17.6 Å². The smallest absolute Gasteiger partial charge is 0.258 e. The zero-order valence-electron chi connectivity index (χ0n) is 17.5. The molecule has 1 amide bonds. The van der Waals surface area contributed by atoms with E-state index >= 15 is 0 Å². The normalized spacial score (nSPS) is 10.9. The van der Waals surface area contributed by atoms with E-state index < -0.39 is 0 Å². The van der Waals surface area contributed by atoms with E-state index in [-0.39, 0.29) is 30.5 Å². The molecule has 0 saturated carbocycles. The lowest BCUT2D eigenvalue weighted by molar-refractivity contribution is -0.124. The van der Waals surface area contributed by atoms with Crippen LogP contribution in [0.2, 0.25) is 0 Å². The summed E-state index contributed by atoms with van der Waals surface area (Å²) in [5.41, 5.74) is 0.727. The highest BCUT2D eigenvalue weighted by molar-refractivity contribution is 5.85. The van der Waals surface area contributed by atoms with Gasteiger partial charge in [-0.1, -0.05) is 44.7 Å². The maximum absolute atomic E-state index is 12.0. The Morgan fingerprint density at radius 1 is 1.11 bits per heavy atom. The van der Waals surface area contributed by atoms with Crippen LogP contribution in [0.25, 0.3) is 0 Å². The van der Waals surface area contributed by atoms with Crippen LogP contribution in [0.4, 0.5) is 0 Å². The molecule has 0 spiro atoms. The van der Waals surface area contributed by atoms with E-state index in [1.165, 1.54) is 32.1 Å². The van der Waals surface area contributed by atoms with Crippen LogP contribution in [0.3, 0.4) is 0 Å². The van der Waals surface area contributed by atoms with Crippen LogP contribution < -0.4 is 20.1 Å². The monoisotopic (exact) mass is 400 g/mol. The van der Waals surface area contributed by atoms with Gasteiger partial charge in [-0.05, 0) is 39.8 Å². The van der Waals surface area contributed by atoms with E-state index in [0.717, 1.165) is 12.1 Å². The van der Waals surface area contributed by atoms with Gasteiger partial charge in [-0.15, -0.1) is 12.4 Å². The maximum atomic E-state index is 12.0. The Bertz CT molecular complexity index is 545. The predicted octanol–water partition coefficient (Wildman–Crippen LogP) is 4.47. The molecule has 5 nitrogen and oxygen atoms in total. The zero-order chi connectivity index (χ0) is 19.4. The van der Waals surface area contributed by atoms with Crippen molar-refractivity contribution >= 4 is 18.3 Å². The van der Waals surface area contributed by atoms with E-state index in [1.807, 2.05) is 39.0 Å². The van der Waals surface area contributed by atoms with Crippen LogP contribution in [0, 0.1) is 0 Å². The highest BCUT2D eigenvalue weighted by atomic mass is 35.5. The van der Waals surface area contributed by atoms with Crippen LogP contribution in [0.5, 0.6) is 11.5 Å². The highest BCUT2D eigenvalue weighted by Gasteiger charge is 2.16. The number of unbranched alkanes of at least 4 members (excludes halogenated alkanes) is 4. The lowest BCUT2D eigenvalue weighted by Crippen LogP contribution is -2.43. The summed E-state index contributed by atoms with van der Waals surface area (Å²) in [6.07, 6.45) is 6.31. The van der Waals surface area contributed by atoms with Crippen molar-refractivity contribution in [3.63, 3.8) is 0 Å². The number of nitrogens with one attached hydrogen (secondary N) is 2. The van der Waals surface area contributed by atoms with Crippen molar-refractivity contribution in [1.29, 1.82) is 0 Å². The van der Waals surface area contributed by atoms with Crippen LogP contribution >= 0.6 is 12.4 Å². The largest absolute Gasteiger partial charge is 0.493 e. The second kappa shape index (κ2) is 13.7. The topological polar surface area (TPSA) is 59.6 Å². The summed E-state index contributed by atoms with van der Waals surface area (Å²) in [6.45, 7) is 9.72. The first-order valence-electron chi connectivity index (χ1n) is 9.67. The predicted molar refractivity (Wildman–Crippen MR) is 114 cm³/mol. The highest BCUT2D eigenvalue weighted by Crippen LogP contribution is 2.31. The summed E-state index contributed by atoms with van der Waals surface area (Å²) < 4.78 is 11.2. The van der Waals surface area contributed by atoms with Gasteiger partial charge < -0.3 is 20.1 Å². The maximum Gasteiger partial charge on any atom is 0.258 e. The van der Waals surface area contributed by atoms with E-state index in [9.17, 15) is 4.79 Å². The molecular formula is C21H37ClN2O3. The number of carbonyl (C=O) groups is 1. The van der Waals surface area contributed by atoms with Crippen molar-refractivity contribution < 1.29 is 14.3 Å². The molecule has 0 atom stereocenters. The van der Waals surface area contributed by atoms with Crippen LogP contribution in [-0.4, -0.2) is 31.7 Å². The Hall–Kier alpha value is -1.46. The molecule has 0 bridgehead atoms. The fourth-order valence-corrected chi connectivity index (χ4v) is 2.69. The fraction of sp³-hybridized carbons (Fsp3) is 0.667. The number of benzene rings is 1. The number of ether oxygens (including phenoxy) is 2. The first-order chi connectivity index (χ1) is 12.4. The van der Waals surface area contributed by atoms with Crippen molar-refractivity contribution in [3.8, 4) is 11.5 Å². The summed E-state index contributed by atoms with van der Waals surface area (Å²) in [7, 11) is 1.61. The van der Waals surface area contributed by atoms with Crippen molar-refractivity contribution in [3.05, 3.63) is 23.8 Å². The molecule has 0 saturated heterocycles. The molecule has 1 aromatic rings. The summed E-state index contributed by atoms with van der Waals surface area (Å²) >= 11 is 0. The third-order valence-electron chi connectivity index (χ3n) is 3.91. The first kappa shape index (κ1) is 25.5. The van der Waals surface area contributed by atoms with Gasteiger partial charge in [-0.3, -0.25) is 4.79 Å². The molecule has 1 aromatic carbocycles. The molecule has 2 N–H and O–H groups in total. The molecule has 156 valence electrons. The number of carbonyl (C=O) groups excluding carboxylic acids is 1. The van der Waals surface area contributed by atoms with Gasteiger partial charge in [-0.25, -0.2) is 0 Å². The number of para-hydroxylation sites is 1. The molecule has 0 aliphatic heterocycles. The Morgan fingerprint density at radius 2 is 1.81 bits per heavy atom. The molecule has 0 aliphatic rings. The fourth-order valence-electron chi connectivity index (χ4n) is 2.69. The van der Waals surface area contributed by atoms with Gasteiger partial charge in [0.2, 0.25) is 0 Å². The van der Waals surface area contributed by atoms with E-state index in [0.29, 0.717) is 18.0 Å². The molecule has 0 radical (unpaired) electrons. The lowest BCUT2D eigenvalue weighted by Gasteiger charge is -2.21.